The summed E-state index contributed by atoms with van der Waals surface area (Å²) < 4.78 is 5.93. The predicted molar refractivity (Wildman–Crippen MR) is 92.7 cm³/mol. The summed E-state index contributed by atoms with van der Waals surface area (Å²) in [5.41, 5.74) is 1.66. The Morgan fingerprint density at radius 3 is 2.50 bits per heavy atom. The number of halogens is 2. The molecule has 2 aromatic rings. The lowest BCUT2D eigenvalue weighted by molar-refractivity contribution is 0.249. The van der Waals surface area contributed by atoms with Crippen LogP contribution in [0.2, 0.25) is 5.02 Å². The van der Waals surface area contributed by atoms with Crippen molar-refractivity contribution in [3.8, 4) is 5.75 Å². The number of carbonyl (C=O) groups excluding carboxylic acids is 1. The fourth-order valence-corrected chi connectivity index (χ4v) is 2.61. The van der Waals surface area contributed by atoms with Crippen molar-refractivity contribution in [2.45, 2.75) is 13.0 Å². The van der Waals surface area contributed by atoms with E-state index in [0.29, 0.717) is 16.5 Å². The molecule has 2 rings (SSSR count). The quantitative estimate of drug-likeness (QED) is 0.781. The van der Waals surface area contributed by atoms with Gasteiger partial charge in [0.15, 0.2) is 0 Å². The molecule has 2 aromatic carbocycles. The van der Waals surface area contributed by atoms with E-state index in [9.17, 15) is 4.79 Å². The van der Waals surface area contributed by atoms with Crippen LogP contribution in [0.3, 0.4) is 0 Å². The maximum absolute atomic E-state index is 12.0. The van der Waals surface area contributed by atoms with E-state index in [1.165, 1.54) is 0 Å². The van der Waals surface area contributed by atoms with Crippen LogP contribution >= 0.6 is 27.5 Å². The SMILES string of the molecule is COc1ccc(NC(=O)NC(C)c2ccc(Cl)cc2)cc1Br. The standard InChI is InChI=1S/C16H16BrClN2O2/c1-10(11-3-5-12(18)6-4-11)19-16(21)20-13-7-8-15(22-2)14(17)9-13/h3-10H,1-2H3,(H2,19,20,21). The Hall–Kier alpha value is -1.72. The zero-order valence-electron chi connectivity index (χ0n) is 12.2. The fraction of sp³-hybridized carbons (Fsp3) is 0.188. The van der Waals surface area contributed by atoms with Gasteiger partial charge in [-0.15, -0.1) is 0 Å². The Bertz CT molecular complexity index is 662. The van der Waals surface area contributed by atoms with Crippen LogP contribution in [0.5, 0.6) is 5.75 Å². The molecule has 0 fully saturated rings. The van der Waals surface area contributed by atoms with Gasteiger partial charge in [-0.05, 0) is 58.7 Å². The summed E-state index contributed by atoms with van der Waals surface area (Å²) in [4.78, 5) is 12.0. The van der Waals surface area contributed by atoms with E-state index in [4.69, 9.17) is 16.3 Å². The second-order valence-electron chi connectivity index (χ2n) is 4.72. The third-order valence-corrected chi connectivity index (χ3v) is 4.00. The van der Waals surface area contributed by atoms with Crippen LogP contribution in [-0.4, -0.2) is 13.1 Å². The molecule has 0 radical (unpaired) electrons. The molecule has 0 spiro atoms. The lowest BCUT2D eigenvalue weighted by Crippen LogP contribution is -2.31. The van der Waals surface area contributed by atoms with Gasteiger partial charge in [-0.1, -0.05) is 23.7 Å². The summed E-state index contributed by atoms with van der Waals surface area (Å²) >= 11 is 9.24. The van der Waals surface area contributed by atoms with Gasteiger partial charge in [-0.25, -0.2) is 4.79 Å². The highest BCUT2D eigenvalue weighted by atomic mass is 79.9. The zero-order valence-corrected chi connectivity index (χ0v) is 14.5. The molecule has 0 heterocycles. The summed E-state index contributed by atoms with van der Waals surface area (Å²) in [5.74, 6) is 0.709. The number of rotatable bonds is 4. The number of carbonyl (C=O) groups is 1. The molecule has 6 heteroatoms. The van der Waals surface area contributed by atoms with Gasteiger partial charge < -0.3 is 15.4 Å². The van der Waals surface area contributed by atoms with Crippen LogP contribution in [0, 0.1) is 0 Å². The number of amides is 2. The molecule has 0 aliphatic carbocycles. The summed E-state index contributed by atoms with van der Waals surface area (Å²) in [6.07, 6.45) is 0. The van der Waals surface area contributed by atoms with Crippen LogP contribution in [0.4, 0.5) is 10.5 Å². The molecular formula is C16H16BrClN2O2. The van der Waals surface area contributed by atoms with Crippen molar-refractivity contribution >= 4 is 39.2 Å². The molecule has 1 unspecified atom stereocenters. The van der Waals surface area contributed by atoms with Crippen molar-refractivity contribution in [3.05, 3.63) is 57.5 Å². The third kappa shape index (κ3) is 4.39. The smallest absolute Gasteiger partial charge is 0.319 e. The van der Waals surface area contributed by atoms with Gasteiger partial charge in [0.1, 0.15) is 5.75 Å². The number of ether oxygens (including phenoxy) is 1. The van der Waals surface area contributed by atoms with E-state index in [1.807, 2.05) is 19.1 Å². The molecule has 0 aromatic heterocycles. The number of anilines is 1. The van der Waals surface area contributed by atoms with E-state index < -0.39 is 0 Å². The minimum absolute atomic E-state index is 0.126. The van der Waals surface area contributed by atoms with E-state index in [-0.39, 0.29) is 12.1 Å². The van der Waals surface area contributed by atoms with Crippen molar-refractivity contribution in [1.82, 2.24) is 5.32 Å². The van der Waals surface area contributed by atoms with E-state index in [1.54, 1.807) is 37.4 Å². The van der Waals surface area contributed by atoms with Gasteiger partial charge in [0.2, 0.25) is 0 Å². The highest BCUT2D eigenvalue weighted by molar-refractivity contribution is 9.10. The fourth-order valence-electron chi connectivity index (χ4n) is 1.94. The van der Waals surface area contributed by atoms with Crippen molar-refractivity contribution in [2.24, 2.45) is 0 Å². The topological polar surface area (TPSA) is 50.4 Å². The number of benzene rings is 2. The summed E-state index contributed by atoms with van der Waals surface area (Å²) in [6, 6.07) is 12.3. The molecule has 0 aliphatic heterocycles. The van der Waals surface area contributed by atoms with Crippen molar-refractivity contribution < 1.29 is 9.53 Å². The minimum atomic E-state index is -0.278. The van der Waals surface area contributed by atoms with E-state index in [2.05, 4.69) is 26.6 Å². The average Bonchev–Trinajstić information content (AvgIpc) is 2.48. The summed E-state index contributed by atoms with van der Waals surface area (Å²) in [7, 11) is 1.59. The molecule has 0 saturated carbocycles. The summed E-state index contributed by atoms with van der Waals surface area (Å²) in [5, 5.41) is 6.33. The van der Waals surface area contributed by atoms with Crippen LogP contribution in [0.25, 0.3) is 0 Å². The van der Waals surface area contributed by atoms with Gasteiger partial charge in [-0.2, -0.15) is 0 Å². The average molecular weight is 384 g/mol. The Balaban J connectivity index is 1.97. The Labute approximate surface area is 142 Å². The first-order valence-electron chi connectivity index (χ1n) is 6.66. The maximum Gasteiger partial charge on any atom is 0.319 e. The van der Waals surface area contributed by atoms with E-state index >= 15 is 0 Å². The van der Waals surface area contributed by atoms with Gasteiger partial charge in [-0.3, -0.25) is 0 Å². The second-order valence-corrected chi connectivity index (χ2v) is 6.01. The lowest BCUT2D eigenvalue weighted by Gasteiger charge is -2.15. The molecular weight excluding hydrogens is 368 g/mol. The largest absolute Gasteiger partial charge is 0.496 e. The van der Waals surface area contributed by atoms with Gasteiger partial charge in [0, 0.05) is 10.7 Å². The number of hydrogen-bond donors (Lipinski definition) is 2. The maximum atomic E-state index is 12.0. The van der Waals surface area contributed by atoms with Crippen molar-refractivity contribution in [2.75, 3.05) is 12.4 Å². The first-order chi connectivity index (χ1) is 10.5. The molecule has 0 bridgehead atoms. The Kier molecular flexibility index (Phi) is 5.69. The summed E-state index contributed by atoms with van der Waals surface area (Å²) in [6.45, 7) is 1.91. The Morgan fingerprint density at radius 2 is 1.91 bits per heavy atom. The number of methoxy groups -OCH3 is 1. The lowest BCUT2D eigenvalue weighted by atomic mass is 10.1. The second kappa shape index (κ2) is 7.51. The van der Waals surface area contributed by atoms with E-state index in [0.717, 1.165) is 10.0 Å². The van der Waals surface area contributed by atoms with Crippen LogP contribution in [-0.2, 0) is 0 Å². The molecule has 0 saturated heterocycles. The molecule has 2 N–H and O–H groups in total. The molecule has 2 amide bonds. The number of hydrogen-bond acceptors (Lipinski definition) is 2. The molecule has 0 aliphatic rings. The molecule has 1 atom stereocenters. The number of urea groups is 1. The highest BCUT2D eigenvalue weighted by Gasteiger charge is 2.10. The van der Waals surface area contributed by atoms with Crippen molar-refractivity contribution in [3.63, 3.8) is 0 Å². The van der Waals surface area contributed by atoms with Crippen LogP contribution < -0.4 is 15.4 Å². The van der Waals surface area contributed by atoms with Crippen LogP contribution in [0.1, 0.15) is 18.5 Å². The normalized spacial score (nSPS) is 11.6. The zero-order chi connectivity index (χ0) is 16.1. The minimum Gasteiger partial charge on any atom is -0.496 e. The highest BCUT2D eigenvalue weighted by Crippen LogP contribution is 2.27. The molecule has 116 valence electrons. The predicted octanol–water partition coefficient (Wildman–Crippen LogP) is 4.99. The molecule has 4 nitrogen and oxygen atoms in total. The first-order valence-corrected chi connectivity index (χ1v) is 7.83. The van der Waals surface area contributed by atoms with Crippen molar-refractivity contribution in [1.29, 1.82) is 0 Å². The van der Waals surface area contributed by atoms with Gasteiger partial charge in [0.05, 0.1) is 17.6 Å². The molecule has 22 heavy (non-hydrogen) atoms. The third-order valence-electron chi connectivity index (χ3n) is 3.13. The number of nitrogens with one attached hydrogen (secondary N) is 2. The Morgan fingerprint density at radius 1 is 1.23 bits per heavy atom. The van der Waals surface area contributed by atoms with Gasteiger partial charge >= 0.3 is 6.03 Å². The monoisotopic (exact) mass is 382 g/mol. The first kappa shape index (κ1) is 16.6. The van der Waals surface area contributed by atoms with Crippen LogP contribution in [0.15, 0.2) is 46.9 Å². The van der Waals surface area contributed by atoms with Gasteiger partial charge in [0.25, 0.3) is 0 Å².